The Morgan fingerprint density at radius 3 is 2.96 bits per heavy atom. The number of pyridine rings is 1. The number of fused-ring (bicyclic) bond motifs is 2. The van der Waals surface area contributed by atoms with Crippen molar-refractivity contribution in [1.82, 2.24) is 10.3 Å². The Balaban J connectivity index is 1.59. The van der Waals surface area contributed by atoms with Gasteiger partial charge in [-0.05, 0) is 60.6 Å². The van der Waals surface area contributed by atoms with Crippen LogP contribution in [0.25, 0.3) is 5.57 Å². The summed E-state index contributed by atoms with van der Waals surface area (Å²) in [7, 11) is 0. The lowest BCUT2D eigenvalue weighted by atomic mass is 9.78. The van der Waals surface area contributed by atoms with Crippen molar-refractivity contribution in [3.8, 4) is 11.5 Å². The van der Waals surface area contributed by atoms with E-state index >= 15 is 0 Å². The van der Waals surface area contributed by atoms with E-state index in [2.05, 4.69) is 22.4 Å². The number of nitrogens with one attached hydrogen (secondary N) is 1. The first-order valence-electron chi connectivity index (χ1n) is 8.07. The van der Waals surface area contributed by atoms with Crippen LogP contribution in [-0.2, 0) is 0 Å². The number of para-hydroxylation sites is 1. The van der Waals surface area contributed by atoms with Gasteiger partial charge in [0.2, 0.25) is 0 Å². The number of benzene rings is 1. The Kier molecular flexibility index (Phi) is 4.06. The minimum absolute atomic E-state index is 0.607. The maximum absolute atomic E-state index is 6.16. The highest BCUT2D eigenvalue weighted by Gasteiger charge is 2.26. The predicted octanol–water partition coefficient (Wildman–Crippen LogP) is 4.54. The molecule has 1 N–H and O–H groups in total. The molecule has 0 radical (unpaired) electrons. The zero-order chi connectivity index (χ0) is 15.6. The van der Waals surface area contributed by atoms with E-state index in [9.17, 15) is 0 Å². The van der Waals surface area contributed by atoms with E-state index in [-0.39, 0.29) is 0 Å². The van der Waals surface area contributed by atoms with E-state index in [1.165, 1.54) is 12.0 Å². The zero-order valence-electron chi connectivity index (χ0n) is 12.8. The topological polar surface area (TPSA) is 34.1 Å². The highest BCUT2D eigenvalue weighted by molar-refractivity contribution is 6.32. The Bertz CT molecular complexity index is 744. The van der Waals surface area contributed by atoms with Gasteiger partial charge in [0.15, 0.2) is 0 Å². The van der Waals surface area contributed by atoms with E-state index in [4.69, 9.17) is 16.3 Å². The quantitative estimate of drug-likeness (QED) is 0.899. The maximum atomic E-state index is 6.16. The molecule has 1 fully saturated rings. The smallest absolute Gasteiger partial charge is 0.146 e. The summed E-state index contributed by atoms with van der Waals surface area (Å²) in [5, 5.41) is 4.12. The molecular weight excluding hydrogens is 308 g/mol. The summed E-state index contributed by atoms with van der Waals surface area (Å²) in [6.07, 6.45) is 8.48. The summed E-state index contributed by atoms with van der Waals surface area (Å²) in [6.45, 7) is 2.21. The SMILES string of the molecule is Clc1ccccc1Oc1cncc(C2=C[C@@H]3CNC[C@H](C2)C3)c1. The minimum atomic E-state index is 0.607. The van der Waals surface area contributed by atoms with Gasteiger partial charge in [0.05, 0.1) is 11.2 Å². The van der Waals surface area contributed by atoms with E-state index in [1.807, 2.05) is 30.5 Å². The second kappa shape index (κ2) is 6.34. The number of hydrogen-bond acceptors (Lipinski definition) is 3. The molecule has 0 amide bonds. The summed E-state index contributed by atoms with van der Waals surface area (Å²) >= 11 is 6.16. The zero-order valence-corrected chi connectivity index (χ0v) is 13.6. The van der Waals surface area contributed by atoms with Crippen molar-refractivity contribution in [2.45, 2.75) is 12.8 Å². The van der Waals surface area contributed by atoms with Crippen LogP contribution in [0, 0.1) is 11.8 Å². The molecule has 1 aliphatic carbocycles. The fourth-order valence-electron chi connectivity index (χ4n) is 3.53. The second-order valence-electron chi connectivity index (χ2n) is 6.36. The normalized spacial score (nSPS) is 23.3. The van der Waals surface area contributed by atoms with Crippen molar-refractivity contribution in [2.24, 2.45) is 11.8 Å². The van der Waals surface area contributed by atoms with Gasteiger partial charge in [0.25, 0.3) is 0 Å². The molecule has 118 valence electrons. The van der Waals surface area contributed by atoms with Gasteiger partial charge in [-0.1, -0.05) is 29.8 Å². The third kappa shape index (κ3) is 3.26. The minimum Gasteiger partial charge on any atom is -0.454 e. The third-order valence-corrected chi connectivity index (χ3v) is 4.88. The standard InChI is InChI=1S/C19H19ClN2O/c20-18-3-1-2-4-19(18)23-17-8-16(11-22-12-17)15-6-13-5-14(7-15)10-21-9-13/h1-4,6,8,11-14,21H,5,7,9-10H2/t13-,14+/m1/s1. The van der Waals surface area contributed by atoms with Gasteiger partial charge >= 0.3 is 0 Å². The van der Waals surface area contributed by atoms with Gasteiger partial charge in [-0.3, -0.25) is 4.98 Å². The van der Waals surface area contributed by atoms with Crippen molar-refractivity contribution in [2.75, 3.05) is 13.1 Å². The molecule has 4 heteroatoms. The molecule has 2 aromatic rings. The van der Waals surface area contributed by atoms with Crippen LogP contribution in [0.4, 0.5) is 0 Å². The first-order valence-corrected chi connectivity index (χ1v) is 8.45. The Morgan fingerprint density at radius 1 is 1.17 bits per heavy atom. The van der Waals surface area contributed by atoms with E-state index < -0.39 is 0 Å². The number of piperidine rings is 1. The van der Waals surface area contributed by atoms with Gasteiger partial charge in [-0.15, -0.1) is 0 Å². The molecule has 0 saturated carbocycles. The average Bonchev–Trinajstić information content (AvgIpc) is 2.57. The van der Waals surface area contributed by atoms with Crippen LogP contribution in [0.1, 0.15) is 18.4 Å². The van der Waals surface area contributed by atoms with Gasteiger partial charge in [-0.25, -0.2) is 0 Å². The van der Waals surface area contributed by atoms with Crippen molar-refractivity contribution in [3.05, 3.63) is 59.4 Å². The molecule has 1 aliphatic heterocycles. The molecule has 2 atom stereocenters. The summed E-state index contributed by atoms with van der Waals surface area (Å²) in [6, 6.07) is 9.56. The first-order chi connectivity index (χ1) is 11.3. The van der Waals surface area contributed by atoms with Crippen molar-refractivity contribution >= 4 is 17.2 Å². The van der Waals surface area contributed by atoms with Crippen LogP contribution in [0.5, 0.6) is 11.5 Å². The highest BCUT2D eigenvalue weighted by Crippen LogP contribution is 2.37. The number of hydrogen-bond donors (Lipinski definition) is 1. The number of nitrogens with zero attached hydrogens (tertiary/aromatic N) is 1. The van der Waals surface area contributed by atoms with Gasteiger partial charge in [0, 0.05) is 12.7 Å². The number of rotatable bonds is 3. The lowest BCUT2D eigenvalue weighted by molar-refractivity contribution is 0.316. The van der Waals surface area contributed by atoms with E-state index in [0.29, 0.717) is 16.7 Å². The van der Waals surface area contributed by atoms with Gasteiger partial charge in [-0.2, -0.15) is 0 Å². The largest absolute Gasteiger partial charge is 0.454 e. The third-order valence-electron chi connectivity index (χ3n) is 4.57. The molecule has 4 rings (SSSR count). The van der Waals surface area contributed by atoms with Crippen LogP contribution in [0.15, 0.2) is 48.8 Å². The van der Waals surface area contributed by atoms with Crippen molar-refractivity contribution < 1.29 is 4.74 Å². The van der Waals surface area contributed by atoms with Crippen LogP contribution in [0.2, 0.25) is 5.02 Å². The fourth-order valence-corrected chi connectivity index (χ4v) is 3.71. The fraction of sp³-hybridized carbons (Fsp3) is 0.316. The monoisotopic (exact) mass is 326 g/mol. The number of ether oxygens (including phenoxy) is 1. The van der Waals surface area contributed by atoms with Gasteiger partial charge in [0.1, 0.15) is 11.5 Å². The summed E-state index contributed by atoms with van der Waals surface area (Å²) < 4.78 is 5.90. The van der Waals surface area contributed by atoms with Gasteiger partial charge < -0.3 is 10.1 Å². The van der Waals surface area contributed by atoms with E-state index in [1.54, 1.807) is 6.20 Å². The maximum Gasteiger partial charge on any atom is 0.146 e. The molecule has 3 nitrogen and oxygen atoms in total. The Labute approximate surface area is 141 Å². The average molecular weight is 327 g/mol. The number of halogens is 1. The summed E-state index contributed by atoms with van der Waals surface area (Å²) in [5.74, 6) is 2.77. The lowest BCUT2D eigenvalue weighted by Crippen LogP contribution is -2.37. The molecule has 1 aromatic heterocycles. The molecule has 2 aliphatic rings. The molecular formula is C19H19ClN2O. The second-order valence-corrected chi connectivity index (χ2v) is 6.77. The molecule has 1 aromatic carbocycles. The molecule has 1 saturated heterocycles. The van der Waals surface area contributed by atoms with Crippen molar-refractivity contribution in [1.29, 1.82) is 0 Å². The molecule has 2 heterocycles. The lowest BCUT2D eigenvalue weighted by Gasteiger charge is -2.34. The molecule has 2 bridgehead atoms. The highest BCUT2D eigenvalue weighted by atomic mass is 35.5. The Morgan fingerprint density at radius 2 is 2.09 bits per heavy atom. The van der Waals surface area contributed by atoms with Crippen LogP contribution >= 0.6 is 11.6 Å². The van der Waals surface area contributed by atoms with Crippen LogP contribution in [0.3, 0.4) is 0 Å². The van der Waals surface area contributed by atoms with E-state index in [0.717, 1.165) is 36.7 Å². The molecule has 0 unspecified atom stereocenters. The summed E-state index contributed by atoms with van der Waals surface area (Å²) in [5.41, 5.74) is 2.55. The summed E-state index contributed by atoms with van der Waals surface area (Å²) in [4.78, 5) is 4.36. The first kappa shape index (κ1) is 14.7. The molecule has 23 heavy (non-hydrogen) atoms. The molecule has 0 spiro atoms. The number of allylic oxidation sites excluding steroid dienone is 1. The Hall–Kier alpha value is -1.84. The predicted molar refractivity (Wildman–Crippen MR) is 92.8 cm³/mol. The van der Waals surface area contributed by atoms with Crippen LogP contribution in [-0.4, -0.2) is 18.1 Å². The number of aromatic nitrogens is 1. The van der Waals surface area contributed by atoms with Crippen molar-refractivity contribution in [3.63, 3.8) is 0 Å². The van der Waals surface area contributed by atoms with Crippen LogP contribution < -0.4 is 10.1 Å².